The Labute approximate surface area is 118 Å². The van der Waals surface area contributed by atoms with Crippen LogP contribution < -0.4 is 10.1 Å². The third kappa shape index (κ3) is 3.22. The van der Waals surface area contributed by atoms with Crippen LogP contribution in [0, 0.1) is 0 Å². The number of benzene rings is 1. The number of nitrogens with zero attached hydrogens (tertiary/aromatic N) is 1. The third-order valence-electron chi connectivity index (χ3n) is 3.34. The fourth-order valence-electron chi connectivity index (χ4n) is 2.04. The summed E-state index contributed by atoms with van der Waals surface area (Å²) in [5.74, 6) is 0.664. The van der Waals surface area contributed by atoms with Gasteiger partial charge in [0.1, 0.15) is 5.75 Å². The molecule has 0 saturated carbocycles. The second kappa shape index (κ2) is 5.70. The van der Waals surface area contributed by atoms with Crippen molar-refractivity contribution in [1.82, 2.24) is 4.90 Å². The number of sulfone groups is 1. The van der Waals surface area contributed by atoms with Gasteiger partial charge in [-0.1, -0.05) is 6.07 Å². The Morgan fingerprint density at radius 1 is 1.45 bits per heavy atom. The summed E-state index contributed by atoms with van der Waals surface area (Å²) in [6.07, 6.45) is 0. The van der Waals surface area contributed by atoms with Crippen molar-refractivity contribution in [1.29, 1.82) is 0 Å². The second-order valence-corrected chi connectivity index (χ2v) is 7.32. The molecule has 2 amide bonds. The molecule has 0 bridgehead atoms. The summed E-state index contributed by atoms with van der Waals surface area (Å²) in [5.41, 5.74) is 0.621. The van der Waals surface area contributed by atoms with Crippen LogP contribution in [0.15, 0.2) is 24.3 Å². The molecule has 1 fully saturated rings. The van der Waals surface area contributed by atoms with Crippen molar-refractivity contribution in [3.05, 3.63) is 24.3 Å². The van der Waals surface area contributed by atoms with Crippen molar-refractivity contribution >= 4 is 21.6 Å². The Morgan fingerprint density at radius 2 is 2.20 bits per heavy atom. The van der Waals surface area contributed by atoms with Gasteiger partial charge >= 0.3 is 6.03 Å². The summed E-state index contributed by atoms with van der Waals surface area (Å²) in [7, 11) is -1.50. The van der Waals surface area contributed by atoms with E-state index in [2.05, 4.69) is 5.32 Å². The van der Waals surface area contributed by atoms with Crippen molar-refractivity contribution in [2.24, 2.45) is 0 Å². The highest BCUT2D eigenvalue weighted by Gasteiger charge is 2.31. The number of carbonyl (C=O) groups excluding carboxylic acids is 1. The number of anilines is 1. The molecule has 1 N–H and O–H groups in total. The van der Waals surface area contributed by atoms with Crippen molar-refractivity contribution in [3.8, 4) is 5.75 Å². The highest BCUT2D eigenvalue weighted by atomic mass is 32.2. The van der Waals surface area contributed by atoms with E-state index in [9.17, 15) is 13.2 Å². The minimum absolute atomic E-state index is 0.0136. The van der Waals surface area contributed by atoms with Gasteiger partial charge in [0.15, 0.2) is 9.84 Å². The Hall–Kier alpha value is -1.76. The molecule has 1 aliphatic rings. The van der Waals surface area contributed by atoms with E-state index in [-0.39, 0.29) is 24.9 Å². The lowest BCUT2D eigenvalue weighted by Crippen LogP contribution is -2.49. The summed E-state index contributed by atoms with van der Waals surface area (Å²) in [5, 5.41) is 2.23. The van der Waals surface area contributed by atoms with Gasteiger partial charge in [0, 0.05) is 24.8 Å². The molecule has 1 aliphatic heterocycles. The zero-order chi connectivity index (χ0) is 14.8. The zero-order valence-corrected chi connectivity index (χ0v) is 12.3. The quantitative estimate of drug-likeness (QED) is 0.894. The van der Waals surface area contributed by atoms with Crippen LogP contribution in [0.2, 0.25) is 0 Å². The molecule has 1 atom stereocenters. The topological polar surface area (TPSA) is 75.7 Å². The lowest BCUT2D eigenvalue weighted by atomic mass is 10.3. The van der Waals surface area contributed by atoms with E-state index < -0.39 is 15.1 Å². The number of nitrogens with one attached hydrogen (secondary N) is 1. The summed E-state index contributed by atoms with van der Waals surface area (Å²) >= 11 is 0. The maximum atomic E-state index is 12.1. The van der Waals surface area contributed by atoms with Crippen LogP contribution in [0.25, 0.3) is 0 Å². The predicted octanol–water partition coefficient (Wildman–Crippen LogP) is 1.35. The van der Waals surface area contributed by atoms with Gasteiger partial charge in [-0.3, -0.25) is 0 Å². The normalized spacial score (nSPS) is 21.3. The lowest BCUT2D eigenvalue weighted by molar-refractivity contribution is 0.213. The minimum atomic E-state index is -3.05. The Kier molecular flexibility index (Phi) is 4.17. The molecule has 1 unspecified atom stereocenters. The molecule has 0 spiro atoms. The van der Waals surface area contributed by atoms with E-state index in [1.165, 1.54) is 4.90 Å². The average Bonchev–Trinajstić information content (AvgIpc) is 2.42. The summed E-state index contributed by atoms with van der Waals surface area (Å²) in [4.78, 5) is 13.6. The van der Waals surface area contributed by atoms with Gasteiger partial charge in [-0.05, 0) is 19.1 Å². The van der Waals surface area contributed by atoms with Gasteiger partial charge in [-0.2, -0.15) is 0 Å². The van der Waals surface area contributed by atoms with E-state index in [4.69, 9.17) is 4.74 Å². The van der Waals surface area contributed by atoms with Crippen LogP contribution in [-0.4, -0.2) is 50.6 Å². The first-order valence-corrected chi connectivity index (χ1v) is 8.05. The van der Waals surface area contributed by atoms with E-state index in [0.717, 1.165) is 0 Å². The molecule has 7 heteroatoms. The van der Waals surface area contributed by atoms with Crippen LogP contribution >= 0.6 is 0 Å². The monoisotopic (exact) mass is 298 g/mol. The molecule has 6 nitrogen and oxygen atoms in total. The molecule has 1 heterocycles. The smallest absolute Gasteiger partial charge is 0.321 e. The molecule has 0 aromatic heterocycles. The predicted molar refractivity (Wildman–Crippen MR) is 76.8 cm³/mol. The van der Waals surface area contributed by atoms with Crippen LogP contribution in [0.1, 0.15) is 6.92 Å². The maximum absolute atomic E-state index is 12.1. The van der Waals surface area contributed by atoms with E-state index in [1.807, 2.05) is 0 Å². The number of carbonyl (C=O) groups is 1. The number of hydrogen-bond acceptors (Lipinski definition) is 4. The Balaban J connectivity index is 2.02. The summed E-state index contributed by atoms with van der Waals surface area (Å²) in [6, 6.07) is 6.73. The van der Waals surface area contributed by atoms with Gasteiger partial charge in [0.25, 0.3) is 0 Å². The molecule has 2 rings (SSSR count). The van der Waals surface area contributed by atoms with Gasteiger partial charge in [0.05, 0.1) is 18.1 Å². The maximum Gasteiger partial charge on any atom is 0.321 e. The van der Waals surface area contributed by atoms with E-state index in [1.54, 1.807) is 38.3 Å². The third-order valence-corrected chi connectivity index (χ3v) is 5.47. The van der Waals surface area contributed by atoms with Crippen molar-refractivity contribution in [2.75, 3.05) is 31.3 Å². The van der Waals surface area contributed by atoms with Crippen LogP contribution in [0.3, 0.4) is 0 Å². The van der Waals surface area contributed by atoms with Gasteiger partial charge < -0.3 is 15.0 Å². The number of ether oxygens (including phenoxy) is 1. The number of urea groups is 1. The molecule has 110 valence electrons. The van der Waals surface area contributed by atoms with E-state index in [0.29, 0.717) is 11.4 Å². The summed E-state index contributed by atoms with van der Waals surface area (Å²) in [6.45, 7) is 2.07. The fraction of sp³-hybridized carbons (Fsp3) is 0.462. The fourth-order valence-corrected chi connectivity index (χ4v) is 3.33. The molecule has 0 aliphatic carbocycles. The molecule has 0 radical (unpaired) electrons. The zero-order valence-electron chi connectivity index (χ0n) is 11.5. The number of amides is 2. The first-order valence-electron chi connectivity index (χ1n) is 6.34. The highest BCUT2D eigenvalue weighted by Crippen LogP contribution is 2.18. The van der Waals surface area contributed by atoms with Crippen molar-refractivity contribution in [2.45, 2.75) is 12.2 Å². The number of hydrogen-bond donors (Lipinski definition) is 1. The van der Waals surface area contributed by atoms with Crippen LogP contribution in [0.4, 0.5) is 10.5 Å². The number of rotatable bonds is 2. The number of methoxy groups -OCH3 is 1. The van der Waals surface area contributed by atoms with Crippen molar-refractivity contribution in [3.63, 3.8) is 0 Å². The van der Waals surface area contributed by atoms with Crippen molar-refractivity contribution < 1.29 is 17.9 Å². The second-order valence-electron chi connectivity index (χ2n) is 4.79. The highest BCUT2D eigenvalue weighted by molar-refractivity contribution is 7.92. The average molecular weight is 298 g/mol. The van der Waals surface area contributed by atoms with Gasteiger partial charge in [0.2, 0.25) is 0 Å². The van der Waals surface area contributed by atoms with Gasteiger partial charge in [-0.25, -0.2) is 13.2 Å². The molecular formula is C13H18N2O4S. The molecule has 20 heavy (non-hydrogen) atoms. The Morgan fingerprint density at radius 3 is 2.85 bits per heavy atom. The molecule has 1 saturated heterocycles. The lowest BCUT2D eigenvalue weighted by Gasteiger charge is -2.30. The minimum Gasteiger partial charge on any atom is -0.497 e. The standard InChI is InChI=1S/C13H18N2O4S/c1-10-9-15(6-7-20(10,17)18)13(16)14-11-4-3-5-12(8-11)19-2/h3-5,8,10H,6-7,9H2,1-2H3,(H,14,16). The van der Waals surface area contributed by atoms with Crippen LogP contribution in [0.5, 0.6) is 5.75 Å². The largest absolute Gasteiger partial charge is 0.497 e. The molecule has 1 aromatic carbocycles. The van der Waals surface area contributed by atoms with Crippen LogP contribution in [-0.2, 0) is 9.84 Å². The molecule has 1 aromatic rings. The Bertz CT molecular complexity index is 600. The first-order chi connectivity index (χ1) is 9.42. The molecular weight excluding hydrogens is 280 g/mol. The summed E-state index contributed by atoms with van der Waals surface area (Å²) < 4.78 is 28.3. The SMILES string of the molecule is COc1cccc(NC(=O)N2CCS(=O)(=O)C(C)C2)c1. The van der Waals surface area contributed by atoms with E-state index >= 15 is 0 Å². The van der Waals surface area contributed by atoms with Gasteiger partial charge in [-0.15, -0.1) is 0 Å². The first kappa shape index (κ1) is 14.6.